The lowest BCUT2D eigenvalue weighted by Crippen LogP contribution is -2.60. The van der Waals surface area contributed by atoms with Crippen LogP contribution in [0.2, 0.25) is 0 Å². The molecular formula is C26H30O10. The van der Waals surface area contributed by atoms with E-state index in [0.717, 1.165) is 0 Å². The van der Waals surface area contributed by atoms with Gasteiger partial charge in [-0.25, -0.2) is 0 Å². The molecule has 1 aliphatic heterocycles. The minimum atomic E-state index is -1.68. The third-order valence-corrected chi connectivity index (χ3v) is 5.43. The van der Waals surface area contributed by atoms with E-state index >= 15 is 0 Å². The zero-order chi connectivity index (χ0) is 26.2. The standard InChI is InChI=1S/C26H30O10/c1-4-10-33-16-8-6-15(7-9-16)22(28)21-18(34-11-5-2)12-17(32-3)13-19(21)35-26-25(31)24(30)23(29)20(14-27)36-26/h4-9,12-13,20,23-27,29-31H,1-2,10-11,14H2,3H3/t20-,23-,24+,25-,26-/m1/s1. The third kappa shape index (κ3) is 6.04. The molecule has 0 radical (unpaired) electrons. The SMILES string of the molecule is C=CCOc1ccc(C(=O)c2c(OCC=C)cc(OC)cc2O[C@@H]2O[C@H](CO)[C@@H](O)[C@H](O)[C@H]2O)cc1. The van der Waals surface area contributed by atoms with Crippen LogP contribution in [0, 0.1) is 0 Å². The van der Waals surface area contributed by atoms with Crippen LogP contribution < -0.4 is 18.9 Å². The Morgan fingerprint density at radius 1 is 0.944 bits per heavy atom. The van der Waals surface area contributed by atoms with Gasteiger partial charge < -0.3 is 44.1 Å². The van der Waals surface area contributed by atoms with Gasteiger partial charge in [0, 0.05) is 17.7 Å². The Bertz CT molecular complexity index is 1050. The van der Waals surface area contributed by atoms with Crippen molar-refractivity contribution in [3.63, 3.8) is 0 Å². The minimum absolute atomic E-state index is 0.00521. The maximum absolute atomic E-state index is 13.6. The molecule has 2 aromatic carbocycles. The second-order valence-electron chi connectivity index (χ2n) is 7.87. The third-order valence-electron chi connectivity index (χ3n) is 5.43. The van der Waals surface area contributed by atoms with E-state index in [4.69, 9.17) is 23.7 Å². The molecule has 0 aliphatic carbocycles. The molecule has 1 heterocycles. The quantitative estimate of drug-likeness (QED) is 0.247. The van der Waals surface area contributed by atoms with E-state index in [0.29, 0.717) is 12.4 Å². The maximum atomic E-state index is 13.6. The normalized spacial score (nSPS) is 23.4. The fourth-order valence-corrected chi connectivity index (χ4v) is 3.55. The van der Waals surface area contributed by atoms with Gasteiger partial charge in [-0.3, -0.25) is 4.79 Å². The van der Waals surface area contributed by atoms with Crippen molar-refractivity contribution < 1.29 is 48.9 Å². The lowest BCUT2D eigenvalue weighted by Gasteiger charge is -2.39. The Balaban J connectivity index is 2.03. The Labute approximate surface area is 208 Å². The minimum Gasteiger partial charge on any atom is -0.496 e. The first kappa shape index (κ1) is 27.2. The highest BCUT2D eigenvalue weighted by atomic mass is 16.7. The number of rotatable bonds is 12. The average Bonchev–Trinajstić information content (AvgIpc) is 2.90. The van der Waals surface area contributed by atoms with E-state index in [1.807, 2.05) is 0 Å². The number of carbonyl (C=O) groups excluding carboxylic acids is 1. The van der Waals surface area contributed by atoms with Gasteiger partial charge >= 0.3 is 0 Å². The first-order chi connectivity index (χ1) is 17.3. The summed E-state index contributed by atoms with van der Waals surface area (Å²) in [6.45, 7) is 6.96. The summed E-state index contributed by atoms with van der Waals surface area (Å²) in [5.74, 6) is 0.382. The van der Waals surface area contributed by atoms with Gasteiger partial charge in [-0.15, -0.1) is 0 Å². The van der Waals surface area contributed by atoms with E-state index < -0.39 is 43.1 Å². The van der Waals surface area contributed by atoms with Crippen LogP contribution in [0.15, 0.2) is 61.7 Å². The van der Waals surface area contributed by atoms with Crippen LogP contribution in [-0.2, 0) is 4.74 Å². The van der Waals surface area contributed by atoms with Gasteiger partial charge in [0.15, 0.2) is 0 Å². The fraction of sp³-hybridized carbons (Fsp3) is 0.346. The van der Waals surface area contributed by atoms with Gasteiger partial charge in [0.1, 0.15) is 66.2 Å². The van der Waals surface area contributed by atoms with Crippen molar-refractivity contribution in [2.75, 3.05) is 26.9 Å². The van der Waals surface area contributed by atoms with Crippen LogP contribution >= 0.6 is 0 Å². The smallest absolute Gasteiger partial charge is 0.229 e. The Kier molecular flexibility index (Phi) is 9.45. The number of ketones is 1. The summed E-state index contributed by atoms with van der Waals surface area (Å²) in [5, 5.41) is 40.1. The molecule has 10 nitrogen and oxygen atoms in total. The topological polar surface area (TPSA) is 144 Å². The van der Waals surface area contributed by atoms with E-state index in [9.17, 15) is 25.2 Å². The number of hydrogen-bond acceptors (Lipinski definition) is 10. The summed E-state index contributed by atoms with van der Waals surface area (Å²) >= 11 is 0. The summed E-state index contributed by atoms with van der Waals surface area (Å²) in [4.78, 5) is 13.6. The van der Waals surface area contributed by atoms with Crippen molar-refractivity contribution in [3.05, 3.63) is 72.8 Å². The van der Waals surface area contributed by atoms with Crippen LogP contribution in [0.1, 0.15) is 15.9 Å². The van der Waals surface area contributed by atoms with Gasteiger partial charge in [-0.2, -0.15) is 0 Å². The highest BCUT2D eigenvalue weighted by Crippen LogP contribution is 2.38. The maximum Gasteiger partial charge on any atom is 0.229 e. The molecule has 10 heteroatoms. The lowest BCUT2D eigenvalue weighted by molar-refractivity contribution is -0.277. The molecule has 1 aliphatic rings. The number of carbonyl (C=O) groups is 1. The molecule has 0 bridgehead atoms. The van der Waals surface area contributed by atoms with Crippen molar-refractivity contribution in [1.82, 2.24) is 0 Å². The molecular weight excluding hydrogens is 472 g/mol. The molecule has 0 saturated carbocycles. The Hall–Kier alpha value is -3.41. The zero-order valence-corrected chi connectivity index (χ0v) is 19.8. The largest absolute Gasteiger partial charge is 0.496 e. The molecule has 3 rings (SSSR count). The Morgan fingerprint density at radius 3 is 2.19 bits per heavy atom. The number of methoxy groups -OCH3 is 1. The summed E-state index contributed by atoms with van der Waals surface area (Å²) in [7, 11) is 1.41. The van der Waals surface area contributed by atoms with Crippen molar-refractivity contribution in [1.29, 1.82) is 0 Å². The van der Waals surface area contributed by atoms with E-state index in [1.54, 1.807) is 30.3 Å². The summed E-state index contributed by atoms with van der Waals surface area (Å²) in [6, 6.07) is 9.29. The monoisotopic (exact) mass is 502 g/mol. The predicted octanol–water partition coefficient (Wildman–Crippen LogP) is 1.23. The Morgan fingerprint density at radius 2 is 1.58 bits per heavy atom. The predicted molar refractivity (Wildman–Crippen MR) is 129 cm³/mol. The number of benzene rings is 2. The van der Waals surface area contributed by atoms with Gasteiger partial charge in [-0.1, -0.05) is 25.3 Å². The fourth-order valence-electron chi connectivity index (χ4n) is 3.55. The summed E-state index contributed by atoms with van der Waals surface area (Å²) in [6.07, 6.45) is -4.54. The zero-order valence-electron chi connectivity index (χ0n) is 19.8. The van der Waals surface area contributed by atoms with Crippen molar-refractivity contribution in [3.8, 4) is 23.0 Å². The summed E-state index contributed by atoms with van der Waals surface area (Å²) in [5.41, 5.74) is 0.280. The summed E-state index contributed by atoms with van der Waals surface area (Å²) < 4.78 is 27.8. The van der Waals surface area contributed by atoms with Crippen LogP contribution in [0.4, 0.5) is 0 Å². The lowest BCUT2D eigenvalue weighted by atomic mass is 9.98. The molecule has 194 valence electrons. The average molecular weight is 503 g/mol. The first-order valence-electron chi connectivity index (χ1n) is 11.2. The van der Waals surface area contributed by atoms with E-state index in [-0.39, 0.29) is 35.0 Å². The van der Waals surface area contributed by atoms with Crippen LogP contribution in [0.3, 0.4) is 0 Å². The molecule has 2 aromatic rings. The van der Waals surface area contributed by atoms with Crippen molar-refractivity contribution >= 4 is 5.78 Å². The molecule has 0 amide bonds. The molecule has 0 spiro atoms. The number of hydrogen-bond donors (Lipinski definition) is 4. The van der Waals surface area contributed by atoms with Crippen molar-refractivity contribution in [2.45, 2.75) is 30.7 Å². The highest BCUT2D eigenvalue weighted by Gasteiger charge is 2.45. The molecule has 1 fully saturated rings. The molecule has 36 heavy (non-hydrogen) atoms. The van der Waals surface area contributed by atoms with Crippen molar-refractivity contribution in [2.24, 2.45) is 0 Å². The molecule has 0 unspecified atom stereocenters. The number of aliphatic hydroxyl groups excluding tert-OH is 4. The first-order valence-corrected chi connectivity index (χ1v) is 11.2. The highest BCUT2D eigenvalue weighted by molar-refractivity contribution is 6.12. The van der Waals surface area contributed by atoms with E-state index in [2.05, 4.69) is 13.2 Å². The number of aliphatic hydroxyl groups is 4. The molecule has 1 saturated heterocycles. The second-order valence-corrected chi connectivity index (χ2v) is 7.87. The van der Waals surface area contributed by atoms with Gasteiger partial charge in [0.2, 0.25) is 12.1 Å². The molecule has 5 atom stereocenters. The van der Waals surface area contributed by atoms with Crippen LogP contribution in [-0.4, -0.2) is 83.8 Å². The van der Waals surface area contributed by atoms with Crippen LogP contribution in [0.5, 0.6) is 23.0 Å². The van der Waals surface area contributed by atoms with Crippen LogP contribution in [0.25, 0.3) is 0 Å². The molecule has 0 aromatic heterocycles. The molecule has 4 N–H and O–H groups in total. The second kappa shape index (κ2) is 12.5. The van der Waals surface area contributed by atoms with Gasteiger partial charge in [0.25, 0.3) is 0 Å². The van der Waals surface area contributed by atoms with E-state index in [1.165, 1.54) is 25.3 Å². The number of ether oxygens (including phenoxy) is 5. The van der Waals surface area contributed by atoms with Gasteiger partial charge in [-0.05, 0) is 24.3 Å². The van der Waals surface area contributed by atoms with Gasteiger partial charge in [0.05, 0.1) is 13.7 Å².